The molecule has 4 N–H and O–H groups in total. The van der Waals surface area contributed by atoms with Gasteiger partial charge < -0.3 is 10.9 Å². The average molecular weight is 337 g/mol. The quantitative estimate of drug-likeness (QED) is 0.637. The summed E-state index contributed by atoms with van der Waals surface area (Å²) in [5.41, 5.74) is 6.49. The first kappa shape index (κ1) is 21.2. The van der Waals surface area contributed by atoms with Crippen LogP contribution >= 0.6 is 20.7 Å². The monoisotopic (exact) mass is 336 g/mol. The van der Waals surface area contributed by atoms with Crippen molar-refractivity contribution in [2.75, 3.05) is 23.0 Å². The van der Waals surface area contributed by atoms with Crippen molar-refractivity contribution in [2.45, 2.75) is 55.4 Å². The summed E-state index contributed by atoms with van der Waals surface area (Å²) >= 11 is 5.73. The van der Waals surface area contributed by atoms with E-state index < -0.39 is 8.48 Å². The lowest BCUT2D eigenvalue weighted by molar-refractivity contribution is 0.657. The lowest BCUT2D eigenvalue weighted by atomic mass is 10.2. The molecule has 0 aromatic carbocycles. The number of rotatable bonds is 8. The van der Waals surface area contributed by atoms with E-state index in [1.807, 2.05) is 0 Å². The van der Waals surface area contributed by atoms with Gasteiger partial charge in [0.05, 0.1) is 0 Å². The third-order valence-electron chi connectivity index (χ3n) is 4.15. The van der Waals surface area contributed by atoms with Crippen molar-refractivity contribution in [1.82, 2.24) is 0 Å². The summed E-state index contributed by atoms with van der Waals surface area (Å²) in [6.45, 7) is 18.0. The second-order valence-electron chi connectivity index (χ2n) is 9.15. The first-order valence-electron chi connectivity index (χ1n) is 8.34. The van der Waals surface area contributed by atoms with Crippen molar-refractivity contribution in [1.29, 1.82) is 0 Å². The van der Waals surface area contributed by atoms with Gasteiger partial charge in [0.15, 0.2) is 0 Å². The van der Waals surface area contributed by atoms with Crippen LogP contribution in [0.4, 0.5) is 0 Å². The maximum atomic E-state index is 7.55. The second-order valence-corrected chi connectivity index (χ2v) is 16.8. The summed E-state index contributed by atoms with van der Waals surface area (Å²) in [5.74, 6) is 5.94. The van der Waals surface area contributed by atoms with E-state index in [9.17, 15) is 0 Å². The maximum absolute atomic E-state index is 7.55. The Bertz CT molecular complexity index is 329. The van der Waals surface area contributed by atoms with Crippen LogP contribution in [-0.2, 0) is 0 Å². The van der Waals surface area contributed by atoms with Gasteiger partial charge in [0.25, 0.3) is 0 Å². The fraction of sp³-hybridized carbons (Fsp3) is 0.941. The van der Waals surface area contributed by atoms with Crippen molar-refractivity contribution in [3.05, 3.63) is 0 Å². The third-order valence-corrected chi connectivity index (χ3v) is 14.2. The predicted octanol–water partition coefficient (Wildman–Crippen LogP) is 4.60. The van der Waals surface area contributed by atoms with E-state index in [4.69, 9.17) is 23.1 Å². The van der Waals surface area contributed by atoms with Gasteiger partial charge >= 0.3 is 0 Å². The summed E-state index contributed by atoms with van der Waals surface area (Å²) in [6.07, 6.45) is 0. The van der Waals surface area contributed by atoms with Gasteiger partial charge in [0.2, 0.25) is 0 Å². The number of hydrogen-bond acceptors (Lipinski definition) is 2. The molecule has 0 aliphatic carbocycles. The highest BCUT2D eigenvalue weighted by Gasteiger charge is 2.60. The van der Waals surface area contributed by atoms with E-state index in [0.717, 1.165) is 23.0 Å². The van der Waals surface area contributed by atoms with E-state index >= 15 is 0 Å². The zero-order valence-corrected chi connectivity index (χ0v) is 17.2. The summed E-state index contributed by atoms with van der Waals surface area (Å²) in [7, 11) is -3.12. The molecule has 0 aromatic heterocycles. The van der Waals surface area contributed by atoms with Crippen molar-refractivity contribution in [3.8, 4) is 0 Å². The summed E-state index contributed by atoms with van der Waals surface area (Å²) < 4.78 is 0.639. The molecule has 0 aliphatic rings. The van der Waals surface area contributed by atoms with Crippen LogP contribution in [0.2, 0.25) is 0 Å². The predicted molar refractivity (Wildman–Crippen MR) is 107 cm³/mol. The second kappa shape index (κ2) is 6.37. The zero-order valence-electron chi connectivity index (χ0n) is 15.6. The van der Waals surface area contributed by atoms with E-state index in [-0.39, 0.29) is 0 Å². The Hall–Kier alpha value is 0.200. The van der Waals surface area contributed by atoms with E-state index in [1.165, 1.54) is 0 Å². The molecule has 0 fully saturated rings. The molecule has 0 saturated heterocycles. The van der Waals surface area contributed by atoms with E-state index in [0.29, 0.717) is 28.0 Å². The highest BCUT2D eigenvalue weighted by Crippen LogP contribution is 2.85. The molecule has 0 heterocycles. The Balaban J connectivity index is 6.47. The lowest BCUT2D eigenvalue weighted by Crippen LogP contribution is -2.65. The lowest BCUT2D eigenvalue weighted by Gasteiger charge is -2.79. The standard InChI is InChI=1S/C17H40N2S2/c1-13(2)9-21(19,17(18)20,10-14(3)4,11-15(5)6)12-16(7)8/h13-16H,9-12,19H2,1-8H3,(H2,18,20). The molecule has 0 atom stereocenters. The van der Waals surface area contributed by atoms with Crippen LogP contribution in [0.25, 0.3) is 0 Å². The smallest absolute Gasteiger partial charge is 0.111 e. The fourth-order valence-corrected chi connectivity index (χ4v) is 15.8. The van der Waals surface area contributed by atoms with Gasteiger partial charge in [0, 0.05) is 0 Å². The van der Waals surface area contributed by atoms with Gasteiger partial charge in [-0.25, -0.2) is 0 Å². The summed E-state index contributed by atoms with van der Waals surface area (Å²) in [6, 6.07) is 0. The summed E-state index contributed by atoms with van der Waals surface area (Å²) in [5, 5.41) is 7.55. The Labute approximate surface area is 138 Å². The van der Waals surface area contributed by atoms with Crippen LogP contribution in [0, 0.1) is 23.7 Å². The Morgan fingerprint density at radius 2 is 0.905 bits per heavy atom. The molecule has 0 unspecified atom stereocenters. The largest absolute Gasteiger partial charge is 0.386 e. The molecule has 0 spiro atoms. The SMILES string of the molecule is CC(C)CS(N)(CC(C)C)(CC(C)C)(CC(C)C)C(N)=S. The molecular weight excluding hydrogens is 296 g/mol. The van der Waals surface area contributed by atoms with Crippen LogP contribution < -0.4 is 10.9 Å². The molecule has 0 bridgehead atoms. The normalized spacial score (nSPS) is 16.6. The van der Waals surface area contributed by atoms with E-state index in [1.54, 1.807) is 0 Å². The molecule has 0 radical (unpaired) electrons. The highest BCUT2D eigenvalue weighted by molar-refractivity contribution is 8.75. The fourth-order valence-electron chi connectivity index (χ4n) is 5.00. The molecule has 2 nitrogen and oxygen atoms in total. The number of thiocarbonyl (C=S) groups is 1. The minimum Gasteiger partial charge on any atom is -0.386 e. The number of hydrogen-bond donors (Lipinski definition) is 2. The average Bonchev–Trinajstić information content (AvgIpc) is 2.09. The van der Waals surface area contributed by atoms with Crippen molar-refractivity contribution < 1.29 is 0 Å². The minimum absolute atomic E-state index is 0.509. The van der Waals surface area contributed by atoms with Crippen LogP contribution in [0.1, 0.15) is 55.4 Å². The van der Waals surface area contributed by atoms with Gasteiger partial charge in [0.1, 0.15) is 4.32 Å². The Kier molecular flexibility index (Phi) is 6.43. The maximum Gasteiger partial charge on any atom is 0.111 e. The summed E-state index contributed by atoms with van der Waals surface area (Å²) in [4.78, 5) is 0. The van der Waals surface area contributed by atoms with Gasteiger partial charge in [-0.15, -0.1) is 0 Å². The van der Waals surface area contributed by atoms with Crippen LogP contribution in [0.15, 0.2) is 0 Å². The highest BCUT2D eigenvalue weighted by atomic mass is 32.4. The van der Waals surface area contributed by atoms with Crippen molar-refractivity contribution in [2.24, 2.45) is 34.5 Å². The first-order valence-corrected chi connectivity index (χ1v) is 11.9. The van der Waals surface area contributed by atoms with Gasteiger partial charge in [-0.3, -0.25) is 0 Å². The Morgan fingerprint density at radius 1 is 0.714 bits per heavy atom. The van der Waals surface area contributed by atoms with Crippen molar-refractivity contribution >= 4 is 25.0 Å². The minimum atomic E-state index is -3.12. The molecule has 0 rings (SSSR count). The third kappa shape index (κ3) is 4.59. The van der Waals surface area contributed by atoms with Gasteiger partial charge in [-0.05, 0) is 46.7 Å². The number of nitrogens with two attached hydrogens (primary N) is 2. The van der Waals surface area contributed by atoms with Crippen LogP contribution in [0.5, 0.6) is 0 Å². The molecule has 130 valence electrons. The molecule has 0 saturated carbocycles. The Morgan fingerprint density at radius 3 is 1.00 bits per heavy atom. The van der Waals surface area contributed by atoms with Crippen LogP contribution in [-0.4, -0.2) is 27.3 Å². The molecule has 4 heteroatoms. The topological polar surface area (TPSA) is 52.0 Å². The van der Waals surface area contributed by atoms with Gasteiger partial charge in [-0.1, -0.05) is 67.6 Å². The van der Waals surface area contributed by atoms with Crippen molar-refractivity contribution in [3.63, 3.8) is 0 Å². The van der Waals surface area contributed by atoms with Gasteiger partial charge in [-0.2, -0.15) is 8.48 Å². The molecule has 0 aliphatic heterocycles. The van der Waals surface area contributed by atoms with E-state index in [2.05, 4.69) is 55.4 Å². The van der Waals surface area contributed by atoms with Crippen LogP contribution in [0.3, 0.4) is 0 Å². The molecule has 21 heavy (non-hydrogen) atoms. The molecular formula is C17H40N2S2. The zero-order chi connectivity index (χ0) is 17.1. The molecule has 0 amide bonds. The molecule has 0 aromatic rings. The first-order chi connectivity index (χ1) is 9.21.